The molecule has 0 heterocycles. The van der Waals surface area contributed by atoms with Gasteiger partial charge in [-0.25, -0.2) is 0 Å². The molecule has 1 atom stereocenters. The smallest absolute Gasteiger partial charge is 0.120 e. The quantitative estimate of drug-likeness (QED) is 0.836. The van der Waals surface area contributed by atoms with Gasteiger partial charge in [0.15, 0.2) is 0 Å². The maximum absolute atomic E-state index is 5.95. The van der Waals surface area contributed by atoms with Crippen molar-refractivity contribution in [2.45, 2.75) is 13.0 Å². The van der Waals surface area contributed by atoms with Gasteiger partial charge < -0.3 is 14.8 Å². The Bertz CT molecular complexity index is 557. The Morgan fingerprint density at radius 1 is 1.05 bits per heavy atom. The number of hydrogen-bond donors (Lipinski definition) is 1. The van der Waals surface area contributed by atoms with Gasteiger partial charge in [0.25, 0.3) is 0 Å². The van der Waals surface area contributed by atoms with Gasteiger partial charge in [-0.05, 0) is 49.9 Å². The van der Waals surface area contributed by atoms with Crippen LogP contribution in [0.15, 0.2) is 48.5 Å². The van der Waals surface area contributed by atoms with Gasteiger partial charge >= 0.3 is 0 Å². The first-order valence-electron chi connectivity index (χ1n) is 7.01. The summed E-state index contributed by atoms with van der Waals surface area (Å²) >= 11 is 5.95. The van der Waals surface area contributed by atoms with E-state index in [1.165, 1.54) is 0 Å². The van der Waals surface area contributed by atoms with Gasteiger partial charge in [-0.2, -0.15) is 0 Å². The molecule has 21 heavy (non-hydrogen) atoms. The van der Waals surface area contributed by atoms with E-state index in [1.807, 2.05) is 62.5 Å². The third kappa shape index (κ3) is 4.66. The maximum atomic E-state index is 5.95. The first-order chi connectivity index (χ1) is 10.2. The molecule has 0 aliphatic heterocycles. The molecular formula is C17H20ClNO2. The lowest BCUT2D eigenvalue weighted by Crippen LogP contribution is -2.23. The molecule has 1 N–H and O–H groups in total. The maximum Gasteiger partial charge on any atom is 0.120 e. The molecule has 0 amide bonds. The second-order valence-electron chi connectivity index (χ2n) is 4.61. The highest BCUT2D eigenvalue weighted by Gasteiger charge is 2.10. The molecule has 2 aromatic rings. The Labute approximate surface area is 130 Å². The summed E-state index contributed by atoms with van der Waals surface area (Å²) in [6.07, 6.45) is 0. The minimum absolute atomic E-state index is 0.111. The van der Waals surface area contributed by atoms with E-state index in [1.54, 1.807) is 0 Å². The predicted molar refractivity (Wildman–Crippen MR) is 86.4 cm³/mol. The van der Waals surface area contributed by atoms with Crippen LogP contribution in [0.4, 0.5) is 0 Å². The standard InChI is InChI=1S/C17H20ClNO2/c1-3-20-15-9-7-13(8-10-15)17(19-2)12-21-16-6-4-5-14(18)11-16/h4-11,17,19H,3,12H2,1-2H3. The number of benzene rings is 2. The van der Waals surface area contributed by atoms with E-state index in [4.69, 9.17) is 21.1 Å². The van der Waals surface area contributed by atoms with Crippen LogP contribution in [-0.2, 0) is 0 Å². The third-order valence-electron chi connectivity index (χ3n) is 3.15. The molecule has 0 aliphatic carbocycles. The van der Waals surface area contributed by atoms with Crippen molar-refractivity contribution in [2.24, 2.45) is 0 Å². The van der Waals surface area contributed by atoms with Crippen LogP contribution in [0.1, 0.15) is 18.5 Å². The Morgan fingerprint density at radius 2 is 1.81 bits per heavy atom. The van der Waals surface area contributed by atoms with Crippen molar-refractivity contribution in [3.8, 4) is 11.5 Å². The third-order valence-corrected chi connectivity index (χ3v) is 3.39. The molecule has 4 heteroatoms. The Hall–Kier alpha value is -1.71. The second kappa shape index (κ2) is 7.91. The van der Waals surface area contributed by atoms with Crippen molar-refractivity contribution in [1.82, 2.24) is 5.32 Å². The van der Waals surface area contributed by atoms with E-state index < -0.39 is 0 Å². The summed E-state index contributed by atoms with van der Waals surface area (Å²) in [6, 6.07) is 15.6. The molecule has 3 nitrogen and oxygen atoms in total. The number of halogens is 1. The molecule has 0 fully saturated rings. The van der Waals surface area contributed by atoms with Gasteiger partial charge in [0, 0.05) is 5.02 Å². The molecule has 112 valence electrons. The number of likely N-dealkylation sites (N-methyl/N-ethyl adjacent to an activating group) is 1. The largest absolute Gasteiger partial charge is 0.494 e. The zero-order valence-electron chi connectivity index (χ0n) is 12.3. The van der Waals surface area contributed by atoms with Gasteiger partial charge in [0.1, 0.15) is 18.1 Å². The van der Waals surface area contributed by atoms with Crippen LogP contribution >= 0.6 is 11.6 Å². The Morgan fingerprint density at radius 3 is 2.43 bits per heavy atom. The van der Waals surface area contributed by atoms with Crippen molar-refractivity contribution in [2.75, 3.05) is 20.3 Å². The number of hydrogen-bond acceptors (Lipinski definition) is 3. The highest BCUT2D eigenvalue weighted by atomic mass is 35.5. The van der Waals surface area contributed by atoms with Gasteiger partial charge in [0.05, 0.1) is 12.6 Å². The molecular weight excluding hydrogens is 286 g/mol. The molecule has 0 bridgehead atoms. The van der Waals surface area contributed by atoms with Gasteiger partial charge in [-0.3, -0.25) is 0 Å². The fourth-order valence-electron chi connectivity index (χ4n) is 2.05. The van der Waals surface area contributed by atoms with Crippen LogP contribution in [0.2, 0.25) is 5.02 Å². The van der Waals surface area contributed by atoms with E-state index >= 15 is 0 Å². The minimum Gasteiger partial charge on any atom is -0.494 e. The molecule has 1 unspecified atom stereocenters. The highest BCUT2D eigenvalue weighted by molar-refractivity contribution is 6.30. The average Bonchev–Trinajstić information content (AvgIpc) is 2.50. The van der Waals surface area contributed by atoms with Crippen LogP contribution in [0.25, 0.3) is 0 Å². The number of rotatable bonds is 7. The van der Waals surface area contributed by atoms with Crippen LogP contribution in [0.3, 0.4) is 0 Å². The van der Waals surface area contributed by atoms with E-state index in [0.717, 1.165) is 17.1 Å². The molecule has 0 spiro atoms. The van der Waals surface area contributed by atoms with E-state index in [0.29, 0.717) is 18.2 Å². The lowest BCUT2D eigenvalue weighted by molar-refractivity contribution is 0.273. The molecule has 0 aromatic heterocycles. The van der Waals surface area contributed by atoms with Crippen LogP contribution in [-0.4, -0.2) is 20.3 Å². The molecule has 2 aromatic carbocycles. The average molecular weight is 306 g/mol. The van der Waals surface area contributed by atoms with Crippen LogP contribution in [0.5, 0.6) is 11.5 Å². The topological polar surface area (TPSA) is 30.5 Å². The summed E-state index contributed by atoms with van der Waals surface area (Å²) in [5.41, 5.74) is 1.16. The second-order valence-corrected chi connectivity index (χ2v) is 5.05. The summed E-state index contributed by atoms with van der Waals surface area (Å²) in [7, 11) is 1.92. The normalized spacial score (nSPS) is 12.0. The Kier molecular flexibility index (Phi) is 5.90. The first kappa shape index (κ1) is 15.7. The minimum atomic E-state index is 0.111. The van der Waals surface area contributed by atoms with E-state index in [9.17, 15) is 0 Å². The van der Waals surface area contributed by atoms with Gasteiger partial charge in [0.2, 0.25) is 0 Å². The summed E-state index contributed by atoms with van der Waals surface area (Å²) in [4.78, 5) is 0. The summed E-state index contributed by atoms with van der Waals surface area (Å²) < 4.78 is 11.2. The SMILES string of the molecule is CCOc1ccc(C(COc2cccc(Cl)c2)NC)cc1. The van der Waals surface area contributed by atoms with Crippen LogP contribution in [0, 0.1) is 0 Å². The monoisotopic (exact) mass is 305 g/mol. The number of ether oxygens (including phenoxy) is 2. The molecule has 0 saturated carbocycles. The van der Waals surface area contributed by atoms with E-state index in [-0.39, 0.29) is 6.04 Å². The first-order valence-corrected chi connectivity index (χ1v) is 7.39. The molecule has 0 radical (unpaired) electrons. The zero-order chi connectivity index (χ0) is 15.1. The van der Waals surface area contributed by atoms with Crippen molar-refractivity contribution in [3.05, 3.63) is 59.1 Å². The summed E-state index contributed by atoms with van der Waals surface area (Å²) in [5, 5.41) is 3.93. The van der Waals surface area contributed by atoms with Crippen molar-refractivity contribution in [3.63, 3.8) is 0 Å². The van der Waals surface area contributed by atoms with Crippen molar-refractivity contribution in [1.29, 1.82) is 0 Å². The highest BCUT2D eigenvalue weighted by Crippen LogP contribution is 2.21. The predicted octanol–water partition coefficient (Wildman–Crippen LogP) is 4.08. The number of nitrogens with one attached hydrogen (secondary N) is 1. The fraction of sp³-hybridized carbons (Fsp3) is 0.294. The molecule has 2 rings (SSSR count). The summed E-state index contributed by atoms with van der Waals surface area (Å²) in [5.74, 6) is 1.65. The Balaban J connectivity index is 1.99. The van der Waals surface area contributed by atoms with Gasteiger partial charge in [-0.15, -0.1) is 0 Å². The van der Waals surface area contributed by atoms with Crippen molar-refractivity contribution >= 4 is 11.6 Å². The lowest BCUT2D eigenvalue weighted by atomic mass is 10.1. The van der Waals surface area contributed by atoms with Crippen LogP contribution < -0.4 is 14.8 Å². The lowest BCUT2D eigenvalue weighted by Gasteiger charge is -2.18. The molecule has 0 aliphatic rings. The molecule has 0 saturated heterocycles. The fourth-order valence-corrected chi connectivity index (χ4v) is 2.23. The van der Waals surface area contributed by atoms with Crippen molar-refractivity contribution < 1.29 is 9.47 Å². The van der Waals surface area contributed by atoms with Gasteiger partial charge in [-0.1, -0.05) is 29.8 Å². The summed E-state index contributed by atoms with van der Waals surface area (Å²) in [6.45, 7) is 3.18. The van der Waals surface area contributed by atoms with E-state index in [2.05, 4.69) is 5.32 Å². The zero-order valence-corrected chi connectivity index (χ0v) is 13.1.